The molecule has 104 valence electrons. The molecule has 2 fully saturated rings. The second-order valence-electron chi connectivity index (χ2n) is 6.01. The lowest BCUT2D eigenvalue weighted by Gasteiger charge is -2.37. The summed E-state index contributed by atoms with van der Waals surface area (Å²) in [5, 5.41) is 9.29. The van der Waals surface area contributed by atoms with Crippen molar-refractivity contribution in [3.8, 4) is 0 Å². The molecule has 0 spiro atoms. The van der Waals surface area contributed by atoms with Gasteiger partial charge in [0.1, 0.15) is 0 Å². The number of rotatable bonds is 4. The predicted molar refractivity (Wildman–Crippen MR) is 71.0 cm³/mol. The maximum atomic E-state index is 12.4. The summed E-state index contributed by atoms with van der Waals surface area (Å²) < 4.78 is 0. The Morgan fingerprint density at radius 1 is 1.28 bits per heavy atom. The van der Waals surface area contributed by atoms with E-state index in [9.17, 15) is 9.90 Å². The van der Waals surface area contributed by atoms with Gasteiger partial charge >= 0.3 is 0 Å². The van der Waals surface area contributed by atoms with E-state index in [0.717, 1.165) is 32.2 Å². The smallest absolute Gasteiger partial charge is 0.223 e. The third-order valence-corrected chi connectivity index (χ3v) is 4.78. The molecule has 1 amide bonds. The van der Waals surface area contributed by atoms with Crippen LogP contribution in [0.1, 0.15) is 51.4 Å². The minimum Gasteiger partial charge on any atom is -0.394 e. The Hall–Kier alpha value is -0.610. The molecule has 4 nitrogen and oxygen atoms in total. The van der Waals surface area contributed by atoms with Crippen molar-refractivity contribution in [3.63, 3.8) is 0 Å². The summed E-state index contributed by atoms with van der Waals surface area (Å²) in [6.07, 6.45) is 8.41. The number of hydrogen-bond donors (Lipinski definition) is 2. The zero-order chi connectivity index (χ0) is 13.0. The molecule has 1 aliphatic carbocycles. The molecule has 1 heterocycles. The van der Waals surface area contributed by atoms with Crippen molar-refractivity contribution in [2.75, 3.05) is 19.7 Å². The van der Waals surface area contributed by atoms with Gasteiger partial charge in [0.25, 0.3) is 0 Å². The Morgan fingerprint density at radius 2 is 2.00 bits per heavy atom. The van der Waals surface area contributed by atoms with E-state index in [-0.39, 0.29) is 24.0 Å². The van der Waals surface area contributed by atoms with E-state index in [1.54, 1.807) is 0 Å². The molecule has 4 heteroatoms. The number of aliphatic hydroxyl groups excluding tert-OH is 1. The zero-order valence-corrected chi connectivity index (χ0v) is 11.2. The third kappa shape index (κ3) is 2.86. The summed E-state index contributed by atoms with van der Waals surface area (Å²) in [7, 11) is 0. The molecule has 1 atom stereocenters. The van der Waals surface area contributed by atoms with Crippen LogP contribution in [-0.2, 0) is 4.79 Å². The molecule has 18 heavy (non-hydrogen) atoms. The molecule has 0 aromatic heterocycles. The maximum absolute atomic E-state index is 12.4. The molecule has 2 aliphatic rings. The van der Waals surface area contributed by atoms with Crippen LogP contribution in [0, 0.1) is 5.41 Å². The van der Waals surface area contributed by atoms with Crippen molar-refractivity contribution in [1.29, 1.82) is 0 Å². The maximum Gasteiger partial charge on any atom is 0.223 e. The van der Waals surface area contributed by atoms with Crippen molar-refractivity contribution in [3.05, 3.63) is 0 Å². The highest BCUT2D eigenvalue weighted by Gasteiger charge is 2.36. The fourth-order valence-electron chi connectivity index (χ4n) is 3.53. The summed E-state index contributed by atoms with van der Waals surface area (Å²) in [5.41, 5.74) is 5.97. The number of carbonyl (C=O) groups is 1. The van der Waals surface area contributed by atoms with Gasteiger partial charge in [-0.25, -0.2) is 0 Å². The molecule has 0 aromatic rings. The SMILES string of the molecule is NCC1(CC(=O)N2CCCC2CO)CCCCC1. The number of nitrogens with two attached hydrogens (primary N) is 1. The van der Waals surface area contributed by atoms with Gasteiger partial charge < -0.3 is 15.7 Å². The van der Waals surface area contributed by atoms with Crippen molar-refractivity contribution < 1.29 is 9.90 Å². The van der Waals surface area contributed by atoms with Crippen LogP contribution in [-0.4, -0.2) is 41.7 Å². The molecule has 0 aromatic carbocycles. The van der Waals surface area contributed by atoms with Gasteiger partial charge in [0.2, 0.25) is 5.91 Å². The quantitative estimate of drug-likeness (QED) is 0.794. The van der Waals surface area contributed by atoms with Gasteiger partial charge in [-0.3, -0.25) is 4.79 Å². The normalized spacial score (nSPS) is 27.4. The molecule has 3 N–H and O–H groups in total. The Kier molecular flexibility index (Phi) is 4.62. The van der Waals surface area contributed by atoms with E-state index >= 15 is 0 Å². The van der Waals surface area contributed by atoms with Crippen LogP contribution < -0.4 is 5.73 Å². The van der Waals surface area contributed by atoms with Crippen LogP contribution in [0.4, 0.5) is 0 Å². The summed E-state index contributed by atoms with van der Waals surface area (Å²) in [6, 6.07) is 0.0518. The molecule has 0 radical (unpaired) electrons. The van der Waals surface area contributed by atoms with E-state index in [2.05, 4.69) is 0 Å². The fraction of sp³-hybridized carbons (Fsp3) is 0.929. The molecule has 2 rings (SSSR count). The van der Waals surface area contributed by atoms with E-state index in [1.165, 1.54) is 19.3 Å². The Labute approximate surface area is 110 Å². The molecular weight excluding hydrogens is 228 g/mol. The van der Waals surface area contributed by atoms with E-state index in [4.69, 9.17) is 5.73 Å². The summed E-state index contributed by atoms with van der Waals surface area (Å²) in [5.74, 6) is 0.207. The molecule has 1 unspecified atom stereocenters. The van der Waals surface area contributed by atoms with Crippen LogP contribution >= 0.6 is 0 Å². The van der Waals surface area contributed by atoms with Gasteiger partial charge in [0, 0.05) is 13.0 Å². The number of hydrogen-bond acceptors (Lipinski definition) is 3. The minimum absolute atomic E-state index is 0.0396. The van der Waals surface area contributed by atoms with Crippen molar-refractivity contribution in [2.24, 2.45) is 11.1 Å². The Morgan fingerprint density at radius 3 is 2.61 bits per heavy atom. The van der Waals surface area contributed by atoms with Crippen molar-refractivity contribution >= 4 is 5.91 Å². The minimum atomic E-state index is 0.0396. The monoisotopic (exact) mass is 254 g/mol. The number of amides is 1. The van der Waals surface area contributed by atoms with Gasteiger partial charge in [-0.15, -0.1) is 0 Å². The van der Waals surface area contributed by atoms with Gasteiger partial charge in [0.05, 0.1) is 12.6 Å². The number of aliphatic hydroxyl groups is 1. The molecular formula is C14H26N2O2. The molecule has 1 saturated heterocycles. The standard InChI is InChI=1S/C14H26N2O2/c15-11-14(6-2-1-3-7-14)9-13(18)16-8-4-5-12(16)10-17/h12,17H,1-11,15H2. The van der Waals surface area contributed by atoms with E-state index in [0.29, 0.717) is 13.0 Å². The summed E-state index contributed by atoms with van der Waals surface area (Å²) in [6.45, 7) is 1.53. The van der Waals surface area contributed by atoms with E-state index < -0.39 is 0 Å². The lowest BCUT2D eigenvalue weighted by Crippen LogP contribution is -2.43. The first-order valence-corrected chi connectivity index (χ1v) is 7.31. The highest BCUT2D eigenvalue weighted by atomic mass is 16.3. The first-order chi connectivity index (χ1) is 8.71. The van der Waals surface area contributed by atoms with Crippen LogP contribution in [0.5, 0.6) is 0 Å². The van der Waals surface area contributed by atoms with Crippen LogP contribution in [0.2, 0.25) is 0 Å². The van der Waals surface area contributed by atoms with Crippen LogP contribution in [0.3, 0.4) is 0 Å². The van der Waals surface area contributed by atoms with Gasteiger partial charge in [0.15, 0.2) is 0 Å². The number of likely N-dealkylation sites (tertiary alicyclic amines) is 1. The highest BCUT2D eigenvalue weighted by molar-refractivity contribution is 5.77. The van der Waals surface area contributed by atoms with Gasteiger partial charge in [-0.2, -0.15) is 0 Å². The lowest BCUT2D eigenvalue weighted by molar-refractivity contribution is -0.135. The fourth-order valence-corrected chi connectivity index (χ4v) is 3.53. The largest absolute Gasteiger partial charge is 0.394 e. The predicted octanol–water partition coefficient (Wildman–Crippen LogP) is 1.27. The topological polar surface area (TPSA) is 66.6 Å². The van der Waals surface area contributed by atoms with Crippen LogP contribution in [0.15, 0.2) is 0 Å². The first kappa shape index (κ1) is 13.8. The lowest BCUT2D eigenvalue weighted by atomic mass is 9.71. The second-order valence-corrected chi connectivity index (χ2v) is 6.01. The summed E-state index contributed by atoms with van der Waals surface area (Å²) >= 11 is 0. The zero-order valence-electron chi connectivity index (χ0n) is 11.2. The van der Waals surface area contributed by atoms with Crippen molar-refractivity contribution in [2.45, 2.75) is 57.4 Å². The van der Waals surface area contributed by atoms with E-state index in [1.807, 2.05) is 4.90 Å². The molecule has 1 aliphatic heterocycles. The number of carbonyl (C=O) groups excluding carboxylic acids is 1. The molecule has 0 bridgehead atoms. The Bertz CT molecular complexity index is 288. The van der Waals surface area contributed by atoms with Gasteiger partial charge in [-0.05, 0) is 37.6 Å². The number of nitrogens with zero attached hydrogens (tertiary/aromatic N) is 1. The average molecular weight is 254 g/mol. The average Bonchev–Trinajstić information content (AvgIpc) is 2.88. The van der Waals surface area contributed by atoms with Crippen molar-refractivity contribution in [1.82, 2.24) is 4.90 Å². The third-order valence-electron chi connectivity index (χ3n) is 4.78. The Balaban J connectivity index is 1.96. The summed E-state index contributed by atoms with van der Waals surface area (Å²) in [4.78, 5) is 14.3. The highest BCUT2D eigenvalue weighted by Crippen LogP contribution is 2.39. The molecule has 1 saturated carbocycles. The van der Waals surface area contributed by atoms with Crippen LogP contribution in [0.25, 0.3) is 0 Å². The second kappa shape index (κ2) is 6.02. The van der Waals surface area contributed by atoms with Gasteiger partial charge in [-0.1, -0.05) is 19.3 Å². The first-order valence-electron chi connectivity index (χ1n) is 7.31.